The Morgan fingerprint density at radius 3 is 2.33 bits per heavy atom. The van der Waals surface area contributed by atoms with E-state index in [9.17, 15) is 0 Å². The second-order valence-corrected chi connectivity index (χ2v) is 4.57. The number of rotatable bonds is 7. The predicted octanol–water partition coefficient (Wildman–Crippen LogP) is 2.83. The van der Waals surface area contributed by atoms with Gasteiger partial charge in [-0.25, -0.2) is 0 Å². The highest BCUT2D eigenvalue weighted by Gasteiger charge is 2.11. The summed E-state index contributed by atoms with van der Waals surface area (Å²) in [5, 5.41) is 4.59. The van der Waals surface area contributed by atoms with Crippen LogP contribution in [-0.4, -0.2) is 23.0 Å². The molecule has 1 heterocycles. The van der Waals surface area contributed by atoms with Crippen LogP contribution in [0.1, 0.15) is 26.5 Å². The summed E-state index contributed by atoms with van der Waals surface area (Å²) in [5.41, 5.74) is 8.69. The summed E-state index contributed by atoms with van der Waals surface area (Å²) in [5.74, 6) is 1.51. The molecule has 0 saturated heterocycles. The van der Waals surface area contributed by atoms with Gasteiger partial charge < -0.3 is 15.2 Å². The molecule has 1 aromatic carbocycles. The lowest BCUT2D eigenvalue weighted by Crippen LogP contribution is -2.06. The number of hydrogen-bond acceptors (Lipinski definition) is 4. The third-order valence-electron chi connectivity index (χ3n) is 3.21. The fourth-order valence-corrected chi connectivity index (χ4v) is 2.25. The van der Waals surface area contributed by atoms with Crippen LogP contribution in [0.25, 0.3) is 11.3 Å². The fourth-order valence-electron chi connectivity index (χ4n) is 2.25. The number of aromatic nitrogens is 2. The lowest BCUT2D eigenvalue weighted by molar-refractivity contribution is 0.288. The maximum atomic E-state index is 5.75. The van der Waals surface area contributed by atoms with Gasteiger partial charge in [-0.3, -0.25) is 4.68 Å². The van der Waals surface area contributed by atoms with Crippen LogP contribution in [0, 0.1) is 0 Å². The van der Waals surface area contributed by atoms with Crippen molar-refractivity contribution < 1.29 is 9.47 Å². The van der Waals surface area contributed by atoms with E-state index in [0.717, 1.165) is 35.0 Å². The summed E-state index contributed by atoms with van der Waals surface area (Å²) >= 11 is 0. The van der Waals surface area contributed by atoms with Crippen molar-refractivity contribution in [2.45, 2.75) is 33.9 Å². The summed E-state index contributed by atoms with van der Waals surface area (Å²) in [6.45, 7) is 8.47. The zero-order chi connectivity index (χ0) is 15.2. The quantitative estimate of drug-likeness (QED) is 0.851. The molecular formula is C16H23N3O2. The second kappa shape index (κ2) is 7.13. The van der Waals surface area contributed by atoms with E-state index in [1.807, 2.05) is 42.8 Å². The minimum atomic E-state index is 0.482. The molecule has 0 radical (unpaired) electrons. The molecule has 21 heavy (non-hydrogen) atoms. The molecule has 0 amide bonds. The van der Waals surface area contributed by atoms with Gasteiger partial charge in [0.25, 0.3) is 0 Å². The van der Waals surface area contributed by atoms with Crippen molar-refractivity contribution in [2.24, 2.45) is 5.73 Å². The standard InChI is InChI=1S/C16H23N3O2/c1-4-19-13(11-17)10-14(18-19)12-7-8-15(20-5-2)16(9-12)21-6-3/h7-10H,4-6,11,17H2,1-3H3. The molecule has 0 aliphatic rings. The van der Waals surface area contributed by atoms with Crippen molar-refractivity contribution in [1.82, 2.24) is 9.78 Å². The molecule has 0 atom stereocenters. The van der Waals surface area contributed by atoms with Crippen molar-refractivity contribution in [3.8, 4) is 22.8 Å². The molecule has 1 aromatic heterocycles. The lowest BCUT2D eigenvalue weighted by atomic mass is 10.1. The Morgan fingerprint density at radius 2 is 1.76 bits per heavy atom. The number of hydrogen-bond donors (Lipinski definition) is 1. The average molecular weight is 289 g/mol. The van der Waals surface area contributed by atoms with E-state index in [-0.39, 0.29) is 0 Å². The molecule has 0 saturated carbocycles. The summed E-state index contributed by atoms with van der Waals surface area (Å²) in [6.07, 6.45) is 0. The van der Waals surface area contributed by atoms with Crippen LogP contribution < -0.4 is 15.2 Å². The molecule has 0 spiro atoms. The van der Waals surface area contributed by atoms with E-state index in [0.29, 0.717) is 19.8 Å². The zero-order valence-corrected chi connectivity index (χ0v) is 12.9. The fraction of sp³-hybridized carbons (Fsp3) is 0.438. The zero-order valence-electron chi connectivity index (χ0n) is 12.9. The first-order chi connectivity index (χ1) is 10.2. The van der Waals surface area contributed by atoms with Gasteiger partial charge in [0, 0.05) is 18.7 Å². The van der Waals surface area contributed by atoms with Crippen LogP contribution in [0.5, 0.6) is 11.5 Å². The van der Waals surface area contributed by atoms with Crippen molar-refractivity contribution in [3.63, 3.8) is 0 Å². The Balaban J connectivity index is 2.39. The van der Waals surface area contributed by atoms with Gasteiger partial charge in [0.15, 0.2) is 11.5 Å². The van der Waals surface area contributed by atoms with Crippen molar-refractivity contribution in [3.05, 3.63) is 30.0 Å². The van der Waals surface area contributed by atoms with Crippen molar-refractivity contribution in [2.75, 3.05) is 13.2 Å². The Morgan fingerprint density at radius 1 is 1.05 bits per heavy atom. The summed E-state index contributed by atoms with van der Waals surface area (Å²) in [4.78, 5) is 0. The minimum absolute atomic E-state index is 0.482. The van der Waals surface area contributed by atoms with Gasteiger partial charge in [-0.15, -0.1) is 0 Å². The maximum Gasteiger partial charge on any atom is 0.161 e. The second-order valence-electron chi connectivity index (χ2n) is 4.57. The number of nitrogens with zero attached hydrogens (tertiary/aromatic N) is 2. The highest BCUT2D eigenvalue weighted by Crippen LogP contribution is 2.32. The smallest absolute Gasteiger partial charge is 0.161 e. The van der Waals surface area contributed by atoms with Gasteiger partial charge in [-0.1, -0.05) is 0 Å². The lowest BCUT2D eigenvalue weighted by Gasteiger charge is -2.11. The van der Waals surface area contributed by atoms with E-state index in [1.165, 1.54) is 0 Å². The number of benzene rings is 1. The predicted molar refractivity (Wildman–Crippen MR) is 83.6 cm³/mol. The SMILES string of the molecule is CCOc1ccc(-c2cc(CN)n(CC)n2)cc1OCC. The van der Waals surface area contributed by atoms with Gasteiger partial charge >= 0.3 is 0 Å². The van der Waals surface area contributed by atoms with E-state index in [2.05, 4.69) is 12.0 Å². The van der Waals surface area contributed by atoms with E-state index in [1.54, 1.807) is 0 Å². The van der Waals surface area contributed by atoms with Crippen LogP contribution in [0.15, 0.2) is 24.3 Å². The van der Waals surface area contributed by atoms with Gasteiger partial charge in [0.1, 0.15) is 0 Å². The molecule has 0 aliphatic heterocycles. The highest BCUT2D eigenvalue weighted by molar-refractivity contribution is 5.64. The average Bonchev–Trinajstić information content (AvgIpc) is 2.93. The van der Waals surface area contributed by atoms with Crippen molar-refractivity contribution in [1.29, 1.82) is 0 Å². The Kier molecular flexibility index (Phi) is 5.22. The number of ether oxygens (including phenoxy) is 2. The third-order valence-corrected chi connectivity index (χ3v) is 3.21. The van der Waals surface area contributed by atoms with Crippen LogP contribution in [-0.2, 0) is 13.1 Å². The molecule has 5 heteroatoms. The first-order valence-corrected chi connectivity index (χ1v) is 7.40. The first kappa shape index (κ1) is 15.4. The Hall–Kier alpha value is -2.01. The highest BCUT2D eigenvalue weighted by atomic mass is 16.5. The molecule has 5 nitrogen and oxygen atoms in total. The van der Waals surface area contributed by atoms with Crippen LogP contribution in [0.2, 0.25) is 0 Å². The molecule has 0 aliphatic carbocycles. The Bertz CT molecular complexity index is 572. The third kappa shape index (κ3) is 3.36. The molecule has 2 aromatic rings. The molecule has 114 valence electrons. The number of nitrogens with two attached hydrogens (primary N) is 1. The molecule has 2 rings (SSSR count). The van der Waals surface area contributed by atoms with E-state index >= 15 is 0 Å². The Labute approximate surface area is 125 Å². The normalized spacial score (nSPS) is 10.7. The summed E-state index contributed by atoms with van der Waals surface area (Å²) < 4.78 is 13.2. The van der Waals surface area contributed by atoms with Gasteiger partial charge in [0.05, 0.1) is 24.6 Å². The van der Waals surface area contributed by atoms with E-state index in [4.69, 9.17) is 15.2 Å². The van der Waals surface area contributed by atoms with Gasteiger partial charge in [0.2, 0.25) is 0 Å². The molecule has 2 N–H and O–H groups in total. The molecule has 0 unspecified atom stereocenters. The number of aryl methyl sites for hydroxylation is 1. The van der Waals surface area contributed by atoms with Gasteiger partial charge in [-0.05, 0) is 45.0 Å². The van der Waals surface area contributed by atoms with Crippen LogP contribution in [0.3, 0.4) is 0 Å². The largest absolute Gasteiger partial charge is 0.490 e. The molecule has 0 fully saturated rings. The van der Waals surface area contributed by atoms with Crippen LogP contribution >= 0.6 is 0 Å². The van der Waals surface area contributed by atoms with E-state index < -0.39 is 0 Å². The van der Waals surface area contributed by atoms with Gasteiger partial charge in [-0.2, -0.15) is 5.10 Å². The summed E-state index contributed by atoms with van der Waals surface area (Å²) in [6, 6.07) is 7.92. The maximum absolute atomic E-state index is 5.75. The van der Waals surface area contributed by atoms with Crippen molar-refractivity contribution >= 4 is 0 Å². The molecule has 0 bridgehead atoms. The first-order valence-electron chi connectivity index (χ1n) is 7.40. The topological polar surface area (TPSA) is 62.3 Å². The monoisotopic (exact) mass is 289 g/mol. The minimum Gasteiger partial charge on any atom is -0.490 e. The molecular weight excluding hydrogens is 266 g/mol. The van der Waals surface area contributed by atoms with Crippen LogP contribution in [0.4, 0.5) is 0 Å². The summed E-state index contributed by atoms with van der Waals surface area (Å²) in [7, 11) is 0.